The van der Waals surface area contributed by atoms with E-state index in [1.54, 1.807) is 34.0 Å². The van der Waals surface area contributed by atoms with Gasteiger partial charge in [0.25, 0.3) is 0 Å². The minimum atomic E-state index is -0.155. The third kappa shape index (κ3) is 4.99. The van der Waals surface area contributed by atoms with Gasteiger partial charge in [-0.25, -0.2) is 19.5 Å². The van der Waals surface area contributed by atoms with Crippen molar-refractivity contribution in [2.24, 2.45) is 7.05 Å². The molecule has 1 aliphatic heterocycles. The fourth-order valence-electron chi connectivity index (χ4n) is 4.15. The van der Waals surface area contributed by atoms with Gasteiger partial charge in [0.1, 0.15) is 23.8 Å². The van der Waals surface area contributed by atoms with Crippen LogP contribution in [0.3, 0.4) is 0 Å². The normalized spacial score (nSPS) is 15.8. The van der Waals surface area contributed by atoms with Crippen molar-refractivity contribution in [3.05, 3.63) is 48.3 Å². The van der Waals surface area contributed by atoms with Gasteiger partial charge in [0, 0.05) is 44.9 Å². The molecule has 0 unspecified atom stereocenters. The van der Waals surface area contributed by atoms with Crippen molar-refractivity contribution >= 4 is 17.4 Å². The van der Waals surface area contributed by atoms with Crippen LogP contribution in [0.4, 0.5) is 5.82 Å². The number of rotatable bonds is 9. The number of nitrogens with one attached hydrogen (secondary N) is 1. The van der Waals surface area contributed by atoms with E-state index in [1.807, 2.05) is 26.1 Å². The van der Waals surface area contributed by atoms with Crippen molar-refractivity contribution in [2.75, 3.05) is 25.0 Å². The van der Waals surface area contributed by atoms with Crippen molar-refractivity contribution in [1.82, 2.24) is 39.2 Å². The summed E-state index contributed by atoms with van der Waals surface area (Å²) in [6, 6.07) is 4.19. The highest BCUT2D eigenvalue weighted by Gasteiger charge is 2.27. The molecule has 0 aliphatic carbocycles. The first kappa shape index (κ1) is 22.9. The summed E-state index contributed by atoms with van der Waals surface area (Å²) in [7, 11) is 1.87. The molecule has 4 aromatic heterocycles. The van der Waals surface area contributed by atoms with E-state index in [0.29, 0.717) is 47.8 Å². The van der Waals surface area contributed by atoms with E-state index in [1.165, 1.54) is 0 Å². The minimum Gasteiger partial charge on any atom is -0.488 e. The molecule has 182 valence electrons. The van der Waals surface area contributed by atoms with Gasteiger partial charge in [-0.05, 0) is 37.6 Å². The second-order valence-electron chi connectivity index (χ2n) is 8.74. The smallest absolute Gasteiger partial charge is 0.226 e. The zero-order chi connectivity index (χ0) is 24.4. The number of imidazole rings is 1. The fraction of sp³-hybridized carbons (Fsp3) is 0.417. The molecule has 1 atom stereocenters. The van der Waals surface area contributed by atoms with E-state index in [0.717, 1.165) is 30.8 Å². The number of amides is 1. The average molecular weight is 476 g/mol. The molecule has 0 bridgehead atoms. The van der Waals surface area contributed by atoms with Gasteiger partial charge in [-0.2, -0.15) is 10.2 Å². The number of fused-ring (bicyclic) bond motifs is 1. The number of hydrogen-bond donors (Lipinski definition) is 1. The molecule has 11 nitrogen and oxygen atoms in total. The minimum absolute atomic E-state index is 0.155. The second kappa shape index (κ2) is 9.79. The predicted molar refractivity (Wildman–Crippen MR) is 130 cm³/mol. The molecule has 4 aromatic rings. The van der Waals surface area contributed by atoms with E-state index in [2.05, 4.69) is 37.2 Å². The topological polar surface area (TPSA) is 115 Å². The van der Waals surface area contributed by atoms with Gasteiger partial charge in [-0.15, -0.1) is 0 Å². The maximum atomic E-state index is 12.4. The van der Waals surface area contributed by atoms with Crippen LogP contribution in [0.25, 0.3) is 17.0 Å². The highest BCUT2D eigenvalue weighted by Crippen LogP contribution is 2.29. The molecule has 35 heavy (non-hydrogen) atoms. The maximum absolute atomic E-state index is 12.4. The standard InChI is InChI=1S/C24H29N9O2/c1-4-32-10-9-17(32)15-35-19-13-27-31(3)24(19)18-5-7-22-28-21(14-33(22)30-18)29-23(34)8-6-20-25-11-16(2)12-26-20/h5,7,11-14,17H,4,6,8-10,15H2,1-3H3,(H,29,34)/t17-/m1/s1. The summed E-state index contributed by atoms with van der Waals surface area (Å²) in [4.78, 5) is 27.7. The van der Waals surface area contributed by atoms with E-state index in [4.69, 9.17) is 9.84 Å². The molecule has 1 fully saturated rings. The first-order chi connectivity index (χ1) is 17.0. The molecule has 1 amide bonds. The molecule has 5 rings (SSSR count). The summed E-state index contributed by atoms with van der Waals surface area (Å²) < 4.78 is 9.54. The van der Waals surface area contributed by atoms with Crippen LogP contribution in [0.2, 0.25) is 0 Å². The number of nitrogens with zero attached hydrogens (tertiary/aromatic N) is 8. The van der Waals surface area contributed by atoms with Crippen LogP contribution in [0.15, 0.2) is 36.9 Å². The largest absolute Gasteiger partial charge is 0.488 e. The quantitative estimate of drug-likeness (QED) is 0.392. The summed E-state index contributed by atoms with van der Waals surface area (Å²) in [6.07, 6.45) is 8.80. The van der Waals surface area contributed by atoms with E-state index >= 15 is 0 Å². The lowest BCUT2D eigenvalue weighted by Gasteiger charge is -2.39. The van der Waals surface area contributed by atoms with E-state index < -0.39 is 0 Å². The van der Waals surface area contributed by atoms with Gasteiger partial charge in [0.05, 0.1) is 12.4 Å². The van der Waals surface area contributed by atoms with Crippen molar-refractivity contribution in [2.45, 2.75) is 39.2 Å². The number of anilines is 1. The number of likely N-dealkylation sites (tertiary alicyclic amines) is 1. The van der Waals surface area contributed by atoms with E-state index in [-0.39, 0.29) is 12.3 Å². The highest BCUT2D eigenvalue weighted by atomic mass is 16.5. The molecule has 11 heteroatoms. The van der Waals surface area contributed by atoms with Crippen molar-refractivity contribution in [3.8, 4) is 17.1 Å². The maximum Gasteiger partial charge on any atom is 0.226 e. The number of carbonyl (C=O) groups excluding carboxylic acids is 1. The Balaban J connectivity index is 1.26. The van der Waals surface area contributed by atoms with Crippen LogP contribution in [0.5, 0.6) is 5.75 Å². The Morgan fingerprint density at radius 2 is 2.06 bits per heavy atom. The highest BCUT2D eigenvalue weighted by molar-refractivity contribution is 5.90. The zero-order valence-corrected chi connectivity index (χ0v) is 20.2. The lowest BCUT2D eigenvalue weighted by molar-refractivity contribution is -0.116. The lowest BCUT2D eigenvalue weighted by Crippen LogP contribution is -2.50. The molecular weight excluding hydrogens is 446 g/mol. The number of hydrogen-bond acceptors (Lipinski definition) is 8. The molecule has 0 radical (unpaired) electrons. The van der Waals surface area contributed by atoms with Gasteiger partial charge in [-0.3, -0.25) is 14.4 Å². The van der Waals surface area contributed by atoms with Crippen molar-refractivity contribution in [1.29, 1.82) is 0 Å². The van der Waals surface area contributed by atoms with Crippen molar-refractivity contribution < 1.29 is 9.53 Å². The number of aromatic nitrogens is 7. The monoisotopic (exact) mass is 475 g/mol. The summed E-state index contributed by atoms with van der Waals surface area (Å²) in [5, 5.41) is 11.9. The van der Waals surface area contributed by atoms with Crippen LogP contribution >= 0.6 is 0 Å². The molecule has 0 saturated carbocycles. The Labute approximate surface area is 203 Å². The number of carbonyl (C=O) groups is 1. The number of ether oxygens (including phenoxy) is 1. The van der Waals surface area contributed by atoms with Gasteiger partial charge >= 0.3 is 0 Å². The SMILES string of the molecule is CCN1CC[C@@H]1COc1cnn(C)c1-c1ccc2nc(NC(=O)CCc3ncc(C)cn3)cn2n1. The summed E-state index contributed by atoms with van der Waals surface area (Å²) in [6.45, 7) is 6.88. The Hall–Kier alpha value is -3.86. The Morgan fingerprint density at radius 1 is 1.23 bits per heavy atom. The molecule has 5 heterocycles. The molecular formula is C24H29N9O2. The fourth-order valence-corrected chi connectivity index (χ4v) is 4.15. The van der Waals surface area contributed by atoms with Crippen LogP contribution in [0.1, 0.15) is 31.2 Å². The summed E-state index contributed by atoms with van der Waals surface area (Å²) >= 11 is 0. The first-order valence-corrected chi connectivity index (χ1v) is 11.8. The summed E-state index contributed by atoms with van der Waals surface area (Å²) in [5.41, 5.74) is 3.12. The van der Waals surface area contributed by atoms with Crippen LogP contribution < -0.4 is 10.1 Å². The Morgan fingerprint density at radius 3 is 2.80 bits per heavy atom. The van der Waals surface area contributed by atoms with Crippen LogP contribution in [-0.2, 0) is 18.3 Å². The molecule has 0 spiro atoms. The van der Waals surface area contributed by atoms with Crippen LogP contribution in [0, 0.1) is 6.92 Å². The van der Waals surface area contributed by atoms with Gasteiger partial charge in [-0.1, -0.05) is 6.92 Å². The second-order valence-corrected chi connectivity index (χ2v) is 8.74. The molecule has 1 aliphatic rings. The van der Waals surface area contributed by atoms with Gasteiger partial charge in [0.2, 0.25) is 5.91 Å². The van der Waals surface area contributed by atoms with Gasteiger partial charge < -0.3 is 10.1 Å². The molecule has 0 aromatic carbocycles. The number of likely N-dealkylation sites (N-methyl/N-ethyl adjacent to an activating group) is 1. The zero-order valence-electron chi connectivity index (χ0n) is 20.2. The Kier molecular flexibility index (Phi) is 6.41. The van der Waals surface area contributed by atoms with Crippen molar-refractivity contribution in [3.63, 3.8) is 0 Å². The third-order valence-corrected chi connectivity index (χ3v) is 6.25. The Bertz CT molecular complexity index is 1330. The van der Waals surface area contributed by atoms with E-state index in [9.17, 15) is 4.79 Å². The first-order valence-electron chi connectivity index (χ1n) is 11.8. The third-order valence-electron chi connectivity index (χ3n) is 6.25. The average Bonchev–Trinajstić information content (AvgIpc) is 3.40. The predicted octanol–water partition coefficient (Wildman–Crippen LogP) is 2.27. The number of aryl methyl sites for hydroxylation is 3. The summed E-state index contributed by atoms with van der Waals surface area (Å²) in [5.74, 6) is 1.63. The molecule has 1 saturated heterocycles. The van der Waals surface area contributed by atoms with Crippen LogP contribution in [-0.4, -0.2) is 70.9 Å². The van der Waals surface area contributed by atoms with Gasteiger partial charge in [0.15, 0.2) is 17.2 Å². The lowest BCUT2D eigenvalue weighted by atomic mass is 10.0. The molecule has 1 N–H and O–H groups in total.